The van der Waals surface area contributed by atoms with Crippen molar-refractivity contribution in [2.45, 2.75) is 45.6 Å². The summed E-state index contributed by atoms with van der Waals surface area (Å²) in [5.74, 6) is -1.62. The van der Waals surface area contributed by atoms with Crippen LogP contribution in [0.15, 0.2) is 0 Å². The Morgan fingerprint density at radius 2 is 1.80 bits per heavy atom. The van der Waals surface area contributed by atoms with Gasteiger partial charge in [-0.05, 0) is 18.8 Å². The van der Waals surface area contributed by atoms with Gasteiger partial charge in [0, 0.05) is 6.54 Å². The first-order valence-electron chi connectivity index (χ1n) is 6.85. The molecule has 1 aliphatic carbocycles. The average Bonchev–Trinajstić information content (AvgIpc) is 2.82. The van der Waals surface area contributed by atoms with Gasteiger partial charge < -0.3 is 21.5 Å². The highest BCUT2D eigenvalue weighted by Gasteiger charge is 2.41. The summed E-state index contributed by atoms with van der Waals surface area (Å²) in [5, 5.41) is 14.3. The molecular formula is C13H23N3O4. The first-order valence-corrected chi connectivity index (χ1v) is 6.85. The molecule has 7 heteroatoms. The van der Waals surface area contributed by atoms with Crippen molar-refractivity contribution < 1.29 is 19.5 Å². The molecule has 0 aromatic rings. The van der Waals surface area contributed by atoms with Crippen LogP contribution in [0.1, 0.15) is 39.5 Å². The van der Waals surface area contributed by atoms with Crippen molar-refractivity contribution in [3.05, 3.63) is 0 Å². The number of primary amides is 1. The third-order valence-electron chi connectivity index (χ3n) is 3.86. The molecule has 1 atom stereocenters. The predicted octanol–water partition coefficient (Wildman–Crippen LogP) is 0.441. The number of nitrogens with two attached hydrogens (primary N) is 1. The highest BCUT2D eigenvalue weighted by Crippen LogP contribution is 2.37. The van der Waals surface area contributed by atoms with Gasteiger partial charge in [0.15, 0.2) is 0 Å². The number of carbonyl (C=O) groups is 3. The van der Waals surface area contributed by atoms with Crippen molar-refractivity contribution in [3.8, 4) is 0 Å². The Morgan fingerprint density at radius 1 is 1.25 bits per heavy atom. The second-order valence-corrected chi connectivity index (χ2v) is 5.74. The maximum Gasteiger partial charge on any atom is 0.315 e. The fraction of sp³-hybridized carbons (Fsp3) is 0.769. The summed E-state index contributed by atoms with van der Waals surface area (Å²) < 4.78 is 0. The van der Waals surface area contributed by atoms with Gasteiger partial charge in [-0.25, -0.2) is 4.79 Å². The van der Waals surface area contributed by atoms with E-state index >= 15 is 0 Å². The fourth-order valence-corrected chi connectivity index (χ4v) is 2.53. The average molecular weight is 285 g/mol. The number of hydrogen-bond donors (Lipinski definition) is 4. The van der Waals surface area contributed by atoms with Crippen LogP contribution in [0.2, 0.25) is 0 Å². The predicted molar refractivity (Wildman–Crippen MR) is 72.9 cm³/mol. The van der Waals surface area contributed by atoms with E-state index in [9.17, 15) is 19.5 Å². The summed E-state index contributed by atoms with van der Waals surface area (Å²) in [7, 11) is 0. The van der Waals surface area contributed by atoms with Crippen molar-refractivity contribution in [1.82, 2.24) is 10.6 Å². The molecule has 0 bridgehead atoms. The first-order chi connectivity index (χ1) is 9.28. The summed E-state index contributed by atoms with van der Waals surface area (Å²) in [6.45, 7) is 3.61. The van der Waals surface area contributed by atoms with Crippen LogP contribution >= 0.6 is 0 Å². The smallest absolute Gasteiger partial charge is 0.315 e. The Balaban J connectivity index is 2.54. The van der Waals surface area contributed by atoms with Crippen LogP contribution in [-0.4, -0.2) is 35.6 Å². The quantitative estimate of drug-likeness (QED) is 0.565. The van der Waals surface area contributed by atoms with Crippen LogP contribution in [0.5, 0.6) is 0 Å². The monoisotopic (exact) mass is 285 g/mol. The number of rotatable bonds is 6. The Bertz CT molecular complexity index is 389. The van der Waals surface area contributed by atoms with Crippen LogP contribution in [0.4, 0.5) is 4.79 Å². The van der Waals surface area contributed by atoms with Gasteiger partial charge in [0.2, 0.25) is 5.91 Å². The molecule has 7 nitrogen and oxygen atoms in total. The van der Waals surface area contributed by atoms with Crippen molar-refractivity contribution >= 4 is 17.9 Å². The van der Waals surface area contributed by atoms with Gasteiger partial charge in [-0.2, -0.15) is 0 Å². The third kappa shape index (κ3) is 3.85. The molecule has 1 aliphatic rings. The molecule has 0 aromatic carbocycles. The van der Waals surface area contributed by atoms with Crippen molar-refractivity contribution in [2.24, 2.45) is 17.1 Å². The van der Waals surface area contributed by atoms with E-state index < -0.39 is 29.4 Å². The molecule has 0 aromatic heterocycles. The molecule has 114 valence electrons. The number of carboxylic acids is 1. The van der Waals surface area contributed by atoms with E-state index in [1.54, 1.807) is 13.8 Å². The zero-order valence-electron chi connectivity index (χ0n) is 11.9. The summed E-state index contributed by atoms with van der Waals surface area (Å²) in [6, 6.07) is -1.32. The largest absolute Gasteiger partial charge is 0.481 e. The van der Waals surface area contributed by atoms with Gasteiger partial charge in [0.1, 0.15) is 6.04 Å². The molecule has 1 fully saturated rings. The number of aliphatic carboxylic acids is 1. The zero-order valence-corrected chi connectivity index (χ0v) is 11.9. The van der Waals surface area contributed by atoms with Crippen molar-refractivity contribution in [1.29, 1.82) is 0 Å². The molecule has 20 heavy (non-hydrogen) atoms. The van der Waals surface area contributed by atoms with Gasteiger partial charge in [-0.15, -0.1) is 0 Å². The molecule has 3 amide bonds. The van der Waals surface area contributed by atoms with Crippen LogP contribution in [-0.2, 0) is 9.59 Å². The normalized spacial score (nSPS) is 18.6. The lowest BCUT2D eigenvalue weighted by molar-refractivity contribution is -0.148. The van der Waals surface area contributed by atoms with Gasteiger partial charge in [-0.1, -0.05) is 26.7 Å². The highest BCUT2D eigenvalue weighted by molar-refractivity contribution is 5.86. The maximum absolute atomic E-state index is 11.8. The first kappa shape index (κ1) is 16.3. The molecule has 0 saturated heterocycles. The van der Waals surface area contributed by atoms with E-state index in [0.29, 0.717) is 12.8 Å². The summed E-state index contributed by atoms with van der Waals surface area (Å²) in [4.78, 5) is 34.3. The Kier molecular flexibility index (Phi) is 5.35. The van der Waals surface area contributed by atoms with Crippen LogP contribution in [0.25, 0.3) is 0 Å². The van der Waals surface area contributed by atoms with Crippen molar-refractivity contribution in [3.63, 3.8) is 0 Å². The second-order valence-electron chi connectivity index (χ2n) is 5.74. The molecule has 0 radical (unpaired) electrons. The molecule has 0 heterocycles. The molecular weight excluding hydrogens is 262 g/mol. The Hall–Kier alpha value is -1.79. The lowest BCUT2D eigenvalue weighted by Gasteiger charge is -2.25. The van der Waals surface area contributed by atoms with E-state index in [-0.39, 0.29) is 12.5 Å². The van der Waals surface area contributed by atoms with Crippen LogP contribution < -0.4 is 16.4 Å². The maximum atomic E-state index is 11.8. The summed E-state index contributed by atoms with van der Waals surface area (Å²) >= 11 is 0. The van der Waals surface area contributed by atoms with Gasteiger partial charge in [-0.3, -0.25) is 9.59 Å². The summed E-state index contributed by atoms with van der Waals surface area (Å²) in [5.41, 5.74) is 4.33. The topological polar surface area (TPSA) is 122 Å². The van der Waals surface area contributed by atoms with E-state index in [1.807, 2.05) is 0 Å². The molecule has 0 spiro atoms. The highest BCUT2D eigenvalue weighted by atomic mass is 16.4. The van der Waals surface area contributed by atoms with Gasteiger partial charge in [0.25, 0.3) is 0 Å². The van der Waals surface area contributed by atoms with E-state index in [1.165, 1.54) is 0 Å². The molecule has 1 saturated carbocycles. The van der Waals surface area contributed by atoms with Crippen LogP contribution in [0.3, 0.4) is 0 Å². The minimum atomic E-state index is -0.884. The number of hydrogen-bond acceptors (Lipinski definition) is 3. The number of carbonyl (C=O) groups excluding carboxylic acids is 2. The minimum absolute atomic E-state index is 0.0672. The fourth-order valence-electron chi connectivity index (χ4n) is 2.53. The lowest BCUT2D eigenvalue weighted by atomic mass is 9.86. The number of amides is 3. The van der Waals surface area contributed by atoms with Gasteiger partial charge >= 0.3 is 12.0 Å². The minimum Gasteiger partial charge on any atom is -0.481 e. The number of urea groups is 1. The molecule has 0 aliphatic heterocycles. The number of carboxylic acid groups (broad SMARTS) is 1. The van der Waals surface area contributed by atoms with Crippen LogP contribution in [0, 0.1) is 11.3 Å². The summed E-state index contributed by atoms with van der Waals surface area (Å²) in [6.07, 6.45) is 2.83. The van der Waals surface area contributed by atoms with Gasteiger partial charge in [0.05, 0.1) is 5.41 Å². The van der Waals surface area contributed by atoms with E-state index in [4.69, 9.17) is 5.73 Å². The Morgan fingerprint density at radius 3 is 2.20 bits per heavy atom. The zero-order chi connectivity index (χ0) is 15.3. The van der Waals surface area contributed by atoms with E-state index in [0.717, 1.165) is 12.8 Å². The third-order valence-corrected chi connectivity index (χ3v) is 3.86. The second kappa shape index (κ2) is 6.58. The molecule has 1 rings (SSSR count). The van der Waals surface area contributed by atoms with Crippen molar-refractivity contribution in [2.75, 3.05) is 6.54 Å². The molecule has 1 unspecified atom stereocenters. The van der Waals surface area contributed by atoms with E-state index in [2.05, 4.69) is 10.6 Å². The molecule has 5 N–H and O–H groups in total. The number of nitrogens with one attached hydrogen (secondary N) is 2. The standard InChI is InChI=1S/C13H23N3O4/c1-8(2)9(10(14)17)16-12(20)15-7-13(11(18)19)5-3-4-6-13/h8-9H,3-7H2,1-2H3,(H2,14,17)(H,18,19)(H2,15,16,20). The lowest BCUT2D eigenvalue weighted by Crippen LogP contribution is -2.53. The SMILES string of the molecule is CC(C)C(NC(=O)NCC1(C(=O)O)CCCC1)C(N)=O. The Labute approximate surface area is 118 Å².